The van der Waals surface area contributed by atoms with Crippen molar-refractivity contribution >= 4 is 55.2 Å². The topological polar surface area (TPSA) is 0 Å². The summed E-state index contributed by atoms with van der Waals surface area (Å²) in [7, 11) is 0. The third-order valence-electron chi connectivity index (χ3n) is 0. The first kappa shape index (κ1) is 15.8. The van der Waals surface area contributed by atoms with Crippen LogP contribution in [0.5, 0.6) is 0 Å². The minimum atomic E-state index is 0. The van der Waals surface area contributed by atoms with E-state index in [0.29, 0.717) is 0 Å². The van der Waals surface area contributed by atoms with Crippen LogP contribution >= 0.6 is 0 Å². The molecule has 0 rings (SSSR count). The Kier molecular flexibility index (Phi) is 67.0. The second-order valence-corrected chi connectivity index (χ2v) is 0. The predicted octanol–water partition coefficient (Wildman–Crippen LogP) is -1.84. The molecule has 0 spiro atoms. The first-order valence-electron chi connectivity index (χ1n) is 0.707. The molecule has 0 aromatic rings. The predicted molar refractivity (Wildman–Crippen MR) is 17.1 cm³/mol. The number of hydrogen-bond acceptors (Lipinski definition) is 0. The summed E-state index contributed by atoms with van der Waals surface area (Å²) in [6.45, 7) is 0. The summed E-state index contributed by atoms with van der Waals surface area (Å²) in [5.74, 6) is 0. The fourth-order valence-electron chi connectivity index (χ4n) is 0. The maximum atomic E-state index is 2.12. The van der Waals surface area contributed by atoms with Crippen LogP contribution in [0.3, 0.4) is 0 Å². The average Bonchev–Trinajstić information content (AvgIpc) is 1.00. The van der Waals surface area contributed by atoms with Gasteiger partial charge in [0.1, 0.15) is 0 Å². The summed E-state index contributed by atoms with van der Waals surface area (Å²) in [6.07, 6.45) is 2.12. The zero-order valence-electron chi connectivity index (χ0n) is 2.15. The summed E-state index contributed by atoms with van der Waals surface area (Å²) < 4.78 is 0. The Morgan fingerprint density at radius 3 is 1.25 bits per heavy atom. The van der Waals surface area contributed by atoms with Gasteiger partial charge in [0.15, 0.2) is 0 Å². The van der Waals surface area contributed by atoms with Gasteiger partial charge in [0, 0.05) is 18.6 Å². The van der Waals surface area contributed by atoms with E-state index >= 15 is 0 Å². The molecular weight excluding hydrogens is 264 g/mol. The minimum absolute atomic E-state index is 0. The molecule has 0 aromatic carbocycles. The van der Waals surface area contributed by atoms with E-state index in [9.17, 15) is 0 Å². The first-order chi connectivity index (χ1) is 1.00. The monoisotopic (exact) mass is 268 g/mol. The van der Waals surface area contributed by atoms with Crippen molar-refractivity contribution in [3.8, 4) is 0 Å². The van der Waals surface area contributed by atoms with E-state index in [1.165, 1.54) is 18.1 Å². The van der Waals surface area contributed by atoms with Crippen molar-refractivity contribution in [1.29, 1.82) is 0 Å². The minimum Gasteiger partial charge on any atom is 0 e. The van der Waals surface area contributed by atoms with E-state index in [2.05, 4.69) is 6.33 Å². The van der Waals surface area contributed by atoms with Gasteiger partial charge in [-0.05, 0) is 0 Å². The zero-order chi connectivity index (χ0) is 2.00. The Morgan fingerprint density at radius 2 is 1.25 bits per heavy atom. The quantitative estimate of drug-likeness (QED) is 0.453. The van der Waals surface area contributed by atoms with Crippen molar-refractivity contribution in [3.05, 3.63) is 0 Å². The van der Waals surface area contributed by atoms with E-state index in [1.807, 2.05) is 0 Å². The molecule has 0 aliphatic rings. The summed E-state index contributed by atoms with van der Waals surface area (Å²) in [5, 5.41) is 0. The molecular formula is H4BBaVZn. The third kappa shape index (κ3) is 8.85. The molecule has 0 nitrogen and oxygen atoms in total. The van der Waals surface area contributed by atoms with Gasteiger partial charge in [0.05, 0.1) is 0 Å². The van der Waals surface area contributed by atoms with Gasteiger partial charge in [-0.25, -0.2) is 0 Å². The molecule has 0 amide bonds. The van der Waals surface area contributed by atoms with Crippen LogP contribution in [-0.2, 0) is 36.7 Å². The molecule has 0 saturated heterocycles. The van der Waals surface area contributed by atoms with E-state index in [-0.39, 0.29) is 67.4 Å². The standard InChI is InChI=1S/BH2.Ba.V.Zn.2H/h1H2;;;;;/q+1;;;-1;;. The molecule has 1 radical (unpaired) electrons. The van der Waals surface area contributed by atoms with Gasteiger partial charge < -0.3 is 0 Å². The molecule has 16 valence electrons. The van der Waals surface area contributed by atoms with E-state index in [4.69, 9.17) is 0 Å². The molecule has 0 aromatic heterocycles. The Hall–Kier alpha value is 2.84. The van der Waals surface area contributed by atoms with Gasteiger partial charge in [-0.15, -0.1) is 0 Å². The summed E-state index contributed by atoms with van der Waals surface area (Å²) in [4.78, 5) is 0. The molecule has 0 bridgehead atoms. The average molecular weight is 269 g/mol. The number of rotatable bonds is 0. The van der Waals surface area contributed by atoms with Crippen molar-refractivity contribution in [1.82, 2.24) is 0 Å². The van der Waals surface area contributed by atoms with Crippen molar-refractivity contribution in [2.75, 3.05) is 0 Å². The largest absolute Gasteiger partial charge is 0 e. The van der Waals surface area contributed by atoms with Gasteiger partial charge in [-0.1, -0.05) is 0 Å². The smallest absolute Gasteiger partial charge is 0 e. The SMILES string of the molecule is [BH2][Zn].[BaH2].[V]. The summed E-state index contributed by atoms with van der Waals surface area (Å²) in [6, 6.07) is 0. The van der Waals surface area contributed by atoms with Crippen LogP contribution in [0.1, 0.15) is 0 Å². The van der Waals surface area contributed by atoms with Gasteiger partial charge in [0.25, 0.3) is 0 Å². The normalized spacial score (nSPS) is 1.50. The second-order valence-electron chi connectivity index (χ2n) is 0. The zero-order valence-corrected chi connectivity index (χ0v) is 6.52. The van der Waals surface area contributed by atoms with Crippen molar-refractivity contribution < 1.29 is 36.7 Å². The van der Waals surface area contributed by atoms with Gasteiger partial charge in [-0.2, -0.15) is 0 Å². The Labute approximate surface area is 89.7 Å². The second kappa shape index (κ2) is 17.0. The van der Waals surface area contributed by atoms with E-state index < -0.39 is 0 Å². The van der Waals surface area contributed by atoms with E-state index in [0.717, 1.165) is 0 Å². The molecule has 0 heterocycles. The molecule has 0 saturated carbocycles. The molecule has 0 N–H and O–H groups in total. The fourth-order valence-corrected chi connectivity index (χ4v) is 0. The van der Waals surface area contributed by atoms with Crippen LogP contribution in [0.4, 0.5) is 0 Å². The fraction of sp³-hybridized carbons (Fsp3) is 0. The number of hydrogen-bond donors (Lipinski definition) is 0. The van der Waals surface area contributed by atoms with Crippen LogP contribution in [0.25, 0.3) is 0 Å². The molecule has 0 unspecified atom stereocenters. The van der Waals surface area contributed by atoms with Gasteiger partial charge >= 0.3 is 73.3 Å². The van der Waals surface area contributed by atoms with Crippen molar-refractivity contribution in [2.45, 2.75) is 0 Å². The van der Waals surface area contributed by atoms with Gasteiger partial charge in [-0.3, -0.25) is 0 Å². The molecule has 4 heteroatoms. The maximum Gasteiger partial charge on any atom is 0 e. The molecule has 0 aliphatic carbocycles. The summed E-state index contributed by atoms with van der Waals surface area (Å²) >= 11 is 1.38. The van der Waals surface area contributed by atoms with Crippen LogP contribution < -0.4 is 0 Å². The van der Waals surface area contributed by atoms with E-state index in [1.54, 1.807) is 0 Å². The molecule has 0 aliphatic heterocycles. The van der Waals surface area contributed by atoms with Crippen LogP contribution in [0.2, 0.25) is 0 Å². The van der Waals surface area contributed by atoms with Crippen LogP contribution in [0.15, 0.2) is 0 Å². The molecule has 0 fully saturated rings. The molecule has 0 atom stereocenters. The Balaban J connectivity index is -0.00000000500. The Morgan fingerprint density at radius 1 is 1.25 bits per heavy atom. The maximum absolute atomic E-state index is 2.12. The summed E-state index contributed by atoms with van der Waals surface area (Å²) in [5.41, 5.74) is 0. The molecule has 4 heavy (non-hydrogen) atoms. The van der Waals surface area contributed by atoms with Crippen LogP contribution in [0, 0.1) is 0 Å². The van der Waals surface area contributed by atoms with Crippen LogP contribution in [-0.4, -0.2) is 55.2 Å². The third-order valence-corrected chi connectivity index (χ3v) is 0. The Bertz CT molecular complexity index is 8.00. The van der Waals surface area contributed by atoms with Crippen molar-refractivity contribution in [2.24, 2.45) is 0 Å². The first-order valence-corrected chi connectivity index (χ1v) is 3.67. The van der Waals surface area contributed by atoms with Crippen molar-refractivity contribution in [3.63, 3.8) is 0 Å². The van der Waals surface area contributed by atoms with Gasteiger partial charge in [0.2, 0.25) is 0 Å².